The van der Waals surface area contributed by atoms with Gasteiger partial charge < -0.3 is 31.7 Å². The standard InChI is InChI=1S/C23H36N4O6.ClH/c1-13-9-16(28)10-14(2)17(13)11-15(20(30)31)12-19(29)18(7-6-8-26-21(24)25)27-22(32)33-23(3,4)5;/h9-10,15,18,28H,6-8,11-12H2,1-5H3,(H,27,32)(H,30,31)(H4,24,25,26);1H/t15-,18-;/m1./s1. The number of Topliss-reactive ketones (excluding diaryl/α,β-unsaturated/α-hetero) is 1. The minimum absolute atomic E-state index is 0. The minimum Gasteiger partial charge on any atom is -0.508 e. The van der Waals surface area contributed by atoms with Gasteiger partial charge in [-0.3, -0.25) is 14.6 Å². The quantitative estimate of drug-likeness (QED) is 0.175. The molecular weight excluding hydrogens is 464 g/mol. The van der Waals surface area contributed by atoms with Crippen molar-refractivity contribution in [2.24, 2.45) is 22.4 Å². The molecule has 1 aromatic carbocycles. The summed E-state index contributed by atoms with van der Waals surface area (Å²) in [6.07, 6.45) is -0.305. The molecule has 7 N–H and O–H groups in total. The molecule has 34 heavy (non-hydrogen) atoms. The van der Waals surface area contributed by atoms with Crippen molar-refractivity contribution < 1.29 is 29.3 Å². The molecule has 0 aliphatic rings. The topological polar surface area (TPSA) is 177 Å². The number of carbonyl (C=O) groups is 3. The van der Waals surface area contributed by atoms with Crippen LogP contribution < -0.4 is 16.8 Å². The van der Waals surface area contributed by atoms with Gasteiger partial charge in [-0.1, -0.05) is 0 Å². The van der Waals surface area contributed by atoms with E-state index in [4.69, 9.17) is 16.2 Å². The lowest BCUT2D eigenvalue weighted by atomic mass is 9.87. The number of carbonyl (C=O) groups excluding carboxylic acids is 2. The van der Waals surface area contributed by atoms with Gasteiger partial charge in [-0.05, 0) is 82.7 Å². The first-order valence-electron chi connectivity index (χ1n) is 10.8. The zero-order chi connectivity index (χ0) is 25.3. The molecular formula is C23H37ClN4O6. The van der Waals surface area contributed by atoms with E-state index in [1.54, 1.807) is 46.8 Å². The molecule has 11 heteroatoms. The maximum absolute atomic E-state index is 13.0. The number of nitrogens with two attached hydrogens (primary N) is 2. The van der Waals surface area contributed by atoms with Gasteiger partial charge in [-0.2, -0.15) is 0 Å². The van der Waals surface area contributed by atoms with Crippen molar-refractivity contribution in [1.29, 1.82) is 0 Å². The normalized spacial score (nSPS) is 12.6. The van der Waals surface area contributed by atoms with E-state index in [0.29, 0.717) is 6.42 Å². The number of amides is 1. The Morgan fingerprint density at radius 1 is 1.15 bits per heavy atom. The fourth-order valence-corrected chi connectivity index (χ4v) is 3.44. The number of ketones is 1. The van der Waals surface area contributed by atoms with Gasteiger partial charge in [0.1, 0.15) is 11.4 Å². The maximum Gasteiger partial charge on any atom is 0.408 e. The first kappa shape index (κ1) is 31.0. The molecule has 1 rings (SSSR count). The van der Waals surface area contributed by atoms with Crippen LogP contribution in [0.25, 0.3) is 0 Å². The number of nitrogens with one attached hydrogen (secondary N) is 1. The summed E-state index contributed by atoms with van der Waals surface area (Å²) in [7, 11) is 0. The number of rotatable bonds is 11. The van der Waals surface area contributed by atoms with Crippen LogP contribution in [0.2, 0.25) is 0 Å². The van der Waals surface area contributed by atoms with Gasteiger partial charge >= 0.3 is 12.1 Å². The van der Waals surface area contributed by atoms with Crippen LogP contribution in [0.15, 0.2) is 17.1 Å². The number of carboxylic acid groups (broad SMARTS) is 1. The van der Waals surface area contributed by atoms with Crippen molar-refractivity contribution in [3.8, 4) is 5.75 Å². The summed E-state index contributed by atoms with van der Waals surface area (Å²) < 4.78 is 5.24. The van der Waals surface area contributed by atoms with E-state index < -0.39 is 35.4 Å². The lowest BCUT2D eigenvalue weighted by Gasteiger charge is -2.24. The van der Waals surface area contributed by atoms with Gasteiger partial charge in [0.2, 0.25) is 0 Å². The molecule has 1 aromatic rings. The predicted octanol–water partition coefficient (Wildman–Crippen LogP) is 2.58. The third-order valence-corrected chi connectivity index (χ3v) is 4.95. The van der Waals surface area contributed by atoms with Crippen molar-refractivity contribution in [1.82, 2.24) is 5.32 Å². The van der Waals surface area contributed by atoms with E-state index in [1.165, 1.54) is 0 Å². The number of aryl methyl sites for hydroxylation is 2. The average Bonchev–Trinajstić information content (AvgIpc) is 2.63. The molecule has 1 amide bonds. The number of aliphatic carboxylic acids is 1. The highest BCUT2D eigenvalue weighted by molar-refractivity contribution is 5.90. The largest absolute Gasteiger partial charge is 0.508 e. The summed E-state index contributed by atoms with van der Waals surface area (Å²) in [5.74, 6) is -2.53. The maximum atomic E-state index is 13.0. The number of guanidine groups is 1. The van der Waals surface area contributed by atoms with Gasteiger partial charge in [0.05, 0.1) is 12.0 Å². The third-order valence-electron chi connectivity index (χ3n) is 4.95. The molecule has 192 valence electrons. The lowest BCUT2D eigenvalue weighted by Crippen LogP contribution is -2.44. The summed E-state index contributed by atoms with van der Waals surface area (Å²) in [5, 5.41) is 22.0. The highest BCUT2D eigenvalue weighted by Crippen LogP contribution is 2.25. The minimum atomic E-state index is -1.12. The monoisotopic (exact) mass is 500 g/mol. The molecule has 0 saturated carbocycles. The van der Waals surface area contributed by atoms with Crippen LogP contribution in [-0.2, 0) is 20.7 Å². The van der Waals surface area contributed by atoms with Crippen molar-refractivity contribution in [2.75, 3.05) is 6.54 Å². The number of hydrogen-bond acceptors (Lipinski definition) is 6. The number of ether oxygens (including phenoxy) is 1. The van der Waals surface area contributed by atoms with Crippen LogP contribution in [0.4, 0.5) is 4.79 Å². The number of phenols is 1. The van der Waals surface area contributed by atoms with Crippen molar-refractivity contribution in [3.63, 3.8) is 0 Å². The van der Waals surface area contributed by atoms with E-state index in [1.807, 2.05) is 0 Å². The van der Waals surface area contributed by atoms with Crippen LogP contribution in [-0.4, -0.2) is 52.2 Å². The highest BCUT2D eigenvalue weighted by Gasteiger charge is 2.29. The van der Waals surface area contributed by atoms with E-state index in [2.05, 4.69) is 10.3 Å². The summed E-state index contributed by atoms with van der Waals surface area (Å²) >= 11 is 0. The number of phenolic OH excluding ortho intramolecular Hbond substituents is 1. The highest BCUT2D eigenvalue weighted by atomic mass is 35.5. The third kappa shape index (κ3) is 11.2. The van der Waals surface area contributed by atoms with E-state index in [-0.39, 0.29) is 49.9 Å². The summed E-state index contributed by atoms with van der Waals surface area (Å²) in [4.78, 5) is 41.1. The number of aliphatic imine (C=N–C) groups is 1. The molecule has 0 spiro atoms. The van der Waals surface area contributed by atoms with Gasteiger partial charge in [0.15, 0.2) is 11.7 Å². The number of hydrogen-bond donors (Lipinski definition) is 5. The summed E-state index contributed by atoms with van der Waals surface area (Å²) in [6.45, 7) is 8.91. The number of alkyl carbamates (subject to hydrolysis) is 1. The SMILES string of the molecule is Cc1cc(O)cc(C)c1C[C@H](CC(=O)[C@@H](CCCN=C(N)N)NC(=O)OC(C)(C)C)C(=O)O.Cl. The number of aromatic hydroxyl groups is 1. The van der Waals surface area contributed by atoms with Crippen molar-refractivity contribution in [3.05, 3.63) is 28.8 Å². The van der Waals surface area contributed by atoms with Crippen LogP contribution in [0, 0.1) is 19.8 Å². The van der Waals surface area contributed by atoms with Gasteiger partial charge in [0, 0.05) is 13.0 Å². The molecule has 0 bridgehead atoms. The molecule has 0 aliphatic heterocycles. The molecule has 0 saturated heterocycles. The molecule has 2 atom stereocenters. The summed E-state index contributed by atoms with van der Waals surface area (Å²) in [5.41, 5.74) is 12.1. The van der Waals surface area contributed by atoms with Gasteiger partial charge in [-0.25, -0.2) is 4.79 Å². The first-order chi connectivity index (χ1) is 15.2. The number of benzene rings is 1. The Labute approximate surface area is 206 Å². The van der Waals surface area contributed by atoms with Crippen LogP contribution >= 0.6 is 12.4 Å². The first-order valence-corrected chi connectivity index (χ1v) is 10.8. The van der Waals surface area contributed by atoms with E-state index in [9.17, 15) is 24.6 Å². The number of carboxylic acids is 1. The molecule has 10 nitrogen and oxygen atoms in total. The molecule has 0 fully saturated rings. The molecule has 0 aromatic heterocycles. The van der Waals surface area contributed by atoms with E-state index in [0.717, 1.165) is 16.7 Å². The predicted molar refractivity (Wildman–Crippen MR) is 132 cm³/mol. The van der Waals surface area contributed by atoms with Crippen LogP contribution in [0.1, 0.15) is 56.7 Å². The Balaban J connectivity index is 0.0000109. The Morgan fingerprint density at radius 3 is 2.18 bits per heavy atom. The summed E-state index contributed by atoms with van der Waals surface area (Å²) in [6, 6.07) is 2.16. The second-order valence-corrected chi connectivity index (χ2v) is 9.12. The van der Waals surface area contributed by atoms with Gasteiger partial charge in [0.25, 0.3) is 0 Å². The fourth-order valence-electron chi connectivity index (χ4n) is 3.44. The zero-order valence-electron chi connectivity index (χ0n) is 20.4. The Morgan fingerprint density at radius 2 is 1.71 bits per heavy atom. The zero-order valence-corrected chi connectivity index (χ0v) is 21.2. The van der Waals surface area contributed by atoms with E-state index >= 15 is 0 Å². The Hall–Kier alpha value is -3.01. The molecule has 0 aliphatic carbocycles. The average molecular weight is 501 g/mol. The smallest absolute Gasteiger partial charge is 0.408 e. The van der Waals surface area contributed by atoms with Crippen molar-refractivity contribution in [2.45, 2.75) is 71.9 Å². The molecule has 0 radical (unpaired) electrons. The second-order valence-electron chi connectivity index (χ2n) is 9.12. The van der Waals surface area contributed by atoms with Crippen molar-refractivity contribution >= 4 is 36.2 Å². The molecule has 0 heterocycles. The Bertz CT molecular complexity index is 871. The number of halogens is 1. The fraction of sp³-hybridized carbons (Fsp3) is 0.565. The van der Waals surface area contributed by atoms with Gasteiger partial charge in [-0.15, -0.1) is 12.4 Å². The lowest BCUT2D eigenvalue weighted by molar-refractivity contribution is -0.144. The van der Waals surface area contributed by atoms with Crippen LogP contribution in [0.5, 0.6) is 5.75 Å². The second kappa shape index (κ2) is 13.6. The van der Waals surface area contributed by atoms with Crippen LogP contribution in [0.3, 0.4) is 0 Å². The number of nitrogens with zero attached hydrogens (tertiary/aromatic N) is 1. The Kier molecular flexibility index (Phi) is 12.4. The molecule has 0 unspecified atom stereocenters.